The third-order valence-electron chi connectivity index (χ3n) is 3.17. The first kappa shape index (κ1) is 16.3. The van der Waals surface area contributed by atoms with Gasteiger partial charge < -0.3 is 5.11 Å². The zero-order chi connectivity index (χ0) is 14.6. The number of halogens is 2. The lowest BCUT2D eigenvalue weighted by Gasteiger charge is -2.32. The van der Waals surface area contributed by atoms with Crippen LogP contribution in [0, 0.1) is 0 Å². The molecule has 0 aromatic heterocycles. The molecular weight excluding hydrogens is 285 g/mol. The zero-order valence-corrected chi connectivity index (χ0v) is 12.9. The average molecular weight is 304 g/mol. The summed E-state index contributed by atoms with van der Waals surface area (Å²) in [6, 6.07) is 5.88. The molecule has 0 fully saturated rings. The Morgan fingerprint density at radius 1 is 1.26 bits per heavy atom. The average Bonchev–Trinajstić information content (AvgIpc) is 2.31. The van der Waals surface area contributed by atoms with Gasteiger partial charge in [-0.05, 0) is 38.5 Å². The first-order valence-electron chi connectivity index (χ1n) is 6.25. The van der Waals surface area contributed by atoms with Gasteiger partial charge in [0.1, 0.15) is 0 Å². The quantitative estimate of drug-likeness (QED) is 0.854. The Bertz CT molecular complexity index is 449. The van der Waals surface area contributed by atoms with E-state index in [4.69, 9.17) is 28.3 Å². The number of aliphatic carboxylic acids is 1. The molecule has 106 valence electrons. The Hall–Kier alpha value is -0.770. The standard InChI is InChI=1S/C14H19Cl2NO2/c1-9(2)17(7-6-14(18)19)10(3)11-4-5-12(15)13(16)8-11/h4-5,8-10H,6-7H2,1-3H3,(H,18,19). The van der Waals surface area contributed by atoms with Gasteiger partial charge in [-0.3, -0.25) is 9.69 Å². The molecule has 1 unspecified atom stereocenters. The van der Waals surface area contributed by atoms with Crippen LogP contribution in [0.1, 0.15) is 38.8 Å². The number of carboxylic acid groups (broad SMARTS) is 1. The van der Waals surface area contributed by atoms with Crippen molar-refractivity contribution in [1.82, 2.24) is 4.90 Å². The number of hydrogen-bond acceptors (Lipinski definition) is 2. The summed E-state index contributed by atoms with van der Waals surface area (Å²) >= 11 is 11.9. The van der Waals surface area contributed by atoms with Gasteiger partial charge in [0.25, 0.3) is 0 Å². The highest BCUT2D eigenvalue weighted by Gasteiger charge is 2.20. The van der Waals surface area contributed by atoms with Gasteiger partial charge in [0.15, 0.2) is 0 Å². The van der Waals surface area contributed by atoms with Crippen LogP contribution >= 0.6 is 23.2 Å². The summed E-state index contributed by atoms with van der Waals surface area (Å²) < 4.78 is 0. The lowest BCUT2D eigenvalue weighted by molar-refractivity contribution is -0.137. The topological polar surface area (TPSA) is 40.5 Å². The van der Waals surface area contributed by atoms with E-state index in [0.29, 0.717) is 16.6 Å². The van der Waals surface area contributed by atoms with E-state index in [2.05, 4.69) is 18.7 Å². The monoisotopic (exact) mass is 303 g/mol. The van der Waals surface area contributed by atoms with Gasteiger partial charge in [0.05, 0.1) is 16.5 Å². The zero-order valence-electron chi connectivity index (χ0n) is 11.4. The molecule has 1 atom stereocenters. The molecule has 0 saturated carbocycles. The molecule has 1 aromatic carbocycles. The molecule has 1 N–H and O–H groups in total. The fourth-order valence-corrected chi connectivity index (χ4v) is 2.39. The van der Waals surface area contributed by atoms with Crippen LogP contribution in [-0.2, 0) is 4.79 Å². The van der Waals surface area contributed by atoms with Crippen LogP contribution in [0.4, 0.5) is 0 Å². The lowest BCUT2D eigenvalue weighted by Crippen LogP contribution is -2.35. The predicted octanol–water partition coefficient (Wildman–Crippen LogP) is 4.24. The van der Waals surface area contributed by atoms with Crippen LogP contribution in [0.15, 0.2) is 18.2 Å². The SMILES string of the molecule is CC(C)N(CCC(=O)O)C(C)c1ccc(Cl)c(Cl)c1. The van der Waals surface area contributed by atoms with Crippen LogP contribution in [0.5, 0.6) is 0 Å². The maximum absolute atomic E-state index is 10.7. The van der Waals surface area contributed by atoms with Gasteiger partial charge in [0, 0.05) is 18.6 Å². The molecule has 19 heavy (non-hydrogen) atoms. The van der Waals surface area contributed by atoms with E-state index in [9.17, 15) is 4.79 Å². The van der Waals surface area contributed by atoms with E-state index < -0.39 is 5.97 Å². The van der Waals surface area contributed by atoms with E-state index in [1.807, 2.05) is 19.1 Å². The number of benzene rings is 1. The summed E-state index contributed by atoms with van der Waals surface area (Å²) in [6.45, 7) is 6.65. The molecule has 5 heteroatoms. The Labute approximate surface area is 124 Å². The molecule has 0 saturated heterocycles. The third kappa shape index (κ3) is 4.68. The molecule has 0 aliphatic rings. The van der Waals surface area contributed by atoms with E-state index >= 15 is 0 Å². The predicted molar refractivity (Wildman–Crippen MR) is 79.0 cm³/mol. The van der Waals surface area contributed by atoms with Crippen LogP contribution < -0.4 is 0 Å². The maximum Gasteiger partial charge on any atom is 0.304 e. The largest absolute Gasteiger partial charge is 0.481 e. The highest BCUT2D eigenvalue weighted by Crippen LogP contribution is 2.29. The second-order valence-corrected chi connectivity index (χ2v) is 5.64. The summed E-state index contributed by atoms with van der Waals surface area (Å²) in [7, 11) is 0. The minimum atomic E-state index is -0.785. The highest BCUT2D eigenvalue weighted by molar-refractivity contribution is 6.42. The second kappa shape index (κ2) is 7.13. The molecule has 1 aromatic rings. The van der Waals surface area contributed by atoms with Crippen molar-refractivity contribution in [2.75, 3.05) is 6.54 Å². The van der Waals surface area contributed by atoms with Gasteiger partial charge in [0.2, 0.25) is 0 Å². The van der Waals surface area contributed by atoms with Crippen LogP contribution in [0.25, 0.3) is 0 Å². The van der Waals surface area contributed by atoms with Crippen molar-refractivity contribution in [2.24, 2.45) is 0 Å². The Morgan fingerprint density at radius 3 is 2.37 bits per heavy atom. The number of nitrogens with zero attached hydrogens (tertiary/aromatic N) is 1. The lowest BCUT2D eigenvalue weighted by atomic mass is 10.1. The van der Waals surface area contributed by atoms with Gasteiger partial charge in [-0.25, -0.2) is 0 Å². The normalized spacial score (nSPS) is 13.0. The fourth-order valence-electron chi connectivity index (χ4n) is 2.09. The second-order valence-electron chi connectivity index (χ2n) is 4.82. The Morgan fingerprint density at radius 2 is 1.89 bits per heavy atom. The Kier molecular flexibility index (Phi) is 6.11. The van der Waals surface area contributed by atoms with Gasteiger partial charge in [-0.1, -0.05) is 29.3 Å². The molecular formula is C14H19Cl2NO2. The minimum Gasteiger partial charge on any atom is -0.481 e. The minimum absolute atomic E-state index is 0.0918. The molecule has 0 bridgehead atoms. The molecule has 0 aliphatic carbocycles. The van der Waals surface area contributed by atoms with Crippen LogP contribution in [0.2, 0.25) is 10.0 Å². The van der Waals surface area contributed by atoms with Crippen molar-refractivity contribution < 1.29 is 9.90 Å². The summed E-state index contributed by atoms with van der Waals surface area (Å²) in [6.07, 6.45) is 0.129. The molecule has 1 rings (SSSR count). The summed E-state index contributed by atoms with van der Waals surface area (Å²) in [5.74, 6) is -0.785. The van der Waals surface area contributed by atoms with Crippen LogP contribution in [0.3, 0.4) is 0 Å². The van der Waals surface area contributed by atoms with Crippen molar-refractivity contribution in [3.05, 3.63) is 33.8 Å². The molecule has 0 aliphatic heterocycles. The molecule has 0 amide bonds. The smallest absolute Gasteiger partial charge is 0.304 e. The molecule has 3 nitrogen and oxygen atoms in total. The molecule has 0 heterocycles. The van der Waals surface area contributed by atoms with Gasteiger partial charge >= 0.3 is 5.97 Å². The number of rotatable bonds is 6. The van der Waals surface area contributed by atoms with Crippen molar-refractivity contribution in [2.45, 2.75) is 39.3 Å². The first-order valence-corrected chi connectivity index (χ1v) is 7.01. The van der Waals surface area contributed by atoms with E-state index in [1.165, 1.54) is 0 Å². The number of carboxylic acids is 1. The maximum atomic E-state index is 10.7. The third-order valence-corrected chi connectivity index (χ3v) is 3.91. The highest BCUT2D eigenvalue weighted by atomic mass is 35.5. The first-order chi connectivity index (χ1) is 8.82. The van der Waals surface area contributed by atoms with Gasteiger partial charge in [-0.2, -0.15) is 0 Å². The summed E-state index contributed by atoms with van der Waals surface area (Å²) in [5.41, 5.74) is 1.04. The van der Waals surface area contributed by atoms with E-state index in [0.717, 1.165) is 5.56 Å². The van der Waals surface area contributed by atoms with Crippen molar-refractivity contribution >= 4 is 29.2 Å². The molecule has 0 spiro atoms. The number of carbonyl (C=O) groups is 1. The summed E-state index contributed by atoms with van der Waals surface area (Å²) in [4.78, 5) is 12.9. The van der Waals surface area contributed by atoms with Crippen molar-refractivity contribution in [1.29, 1.82) is 0 Å². The summed E-state index contributed by atoms with van der Waals surface area (Å²) in [5, 5.41) is 9.86. The van der Waals surface area contributed by atoms with Crippen molar-refractivity contribution in [3.8, 4) is 0 Å². The van der Waals surface area contributed by atoms with Gasteiger partial charge in [-0.15, -0.1) is 0 Å². The van der Waals surface area contributed by atoms with Crippen LogP contribution in [-0.4, -0.2) is 28.6 Å². The number of hydrogen-bond donors (Lipinski definition) is 1. The fraction of sp³-hybridized carbons (Fsp3) is 0.500. The molecule has 0 radical (unpaired) electrons. The van der Waals surface area contributed by atoms with Crippen molar-refractivity contribution in [3.63, 3.8) is 0 Å². The van der Waals surface area contributed by atoms with E-state index in [-0.39, 0.29) is 18.5 Å². The Balaban J connectivity index is 2.88. The van der Waals surface area contributed by atoms with E-state index in [1.54, 1.807) is 6.07 Å².